The molecule has 1 unspecified atom stereocenters. The minimum atomic E-state index is -0.695. The second-order valence-electron chi connectivity index (χ2n) is 5.29. The first-order chi connectivity index (χ1) is 7.67. The molecule has 1 rings (SSSR count). The highest BCUT2D eigenvalue weighted by molar-refractivity contribution is 5.88. The zero-order valence-corrected chi connectivity index (χ0v) is 11.0. The van der Waals surface area contributed by atoms with Gasteiger partial charge in [-0.1, -0.05) is 6.92 Å². The monoisotopic (exact) mass is 240 g/mol. The molecule has 0 saturated heterocycles. The lowest BCUT2D eigenvalue weighted by Crippen LogP contribution is -2.35. The fourth-order valence-electron chi connectivity index (χ4n) is 1.27. The summed E-state index contributed by atoms with van der Waals surface area (Å²) >= 11 is 0. The van der Waals surface area contributed by atoms with E-state index >= 15 is 0 Å². The standard InChI is InChI=1S/C11H20N4O2/c1-6-11(5,12)8-7(13-15-14-8)9(16)17-10(2,3)4/h6,12H2,1-5H3,(H,13,14,15). The van der Waals surface area contributed by atoms with Crippen molar-refractivity contribution >= 4 is 5.97 Å². The summed E-state index contributed by atoms with van der Waals surface area (Å²) in [6.45, 7) is 9.12. The van der Waals surface area contributed by atoms with Crippen LogP contribution < -0.4 is 5.73 Å². The van der Waals surface area contributed by atoms with Gasteiger partial charge in [0, 0.05) is 0 Å². The van der Waals surface area contributed by atoms with E-state index < -0.39 is 17.1 Å². The third-order valence-corrected chi connectivity index (χ3v) is 2.42. The molecule has 0 radical (unpaired) electrons. The normalized spacial score (nSPS) is 15.4. The number of carbonyl (C=O) groups excluding carboxylic acids is 1. The molecule has 0 bridgehead atoms. The van der Waals surface area contributed by atoms with Crippen molar-refractivity contribution in [1.29, 1.82) is 0 Å². The van der Waals surface area contributed by atoms with Crippen molar-refractivity contribution in [3.63, 3.8) is 0 Å². The highest BCUT2D eigenvalue weighted by Gasteiger charge is 2.31. The van der Waals surface area contributed by atoms with Crippen LogP contribution in [0.2, 0.25) is 0 Å². The summed E-state index contributed by atoms with van der Waals surface area (Å²) < 4.78 is 5.25. The molecule has 0 saturated carbocycles. The van der Waals surface area contributed by atoms with Crippen LogP contribution in [-0.2, 0) is 10.3 Å². The predicted molar refractivity (Wildman–Crippen MR) is 63.4 cm³/mol. The smallest absolute Gasteiger partial charge is 0.361 e. The van der Waals surface area contributed by atoms with E-state index in [2.05, 4.69) is 15.4 Å². The zero-order valence-electron chi connectivity index (χ0n) is 11.0. The summed E-state index contributed by atoms with van der Waals surface area (Å²) in [5, 5.41) is 10.2. The molecule has 3 N–H and O–H groups in total. The molecule has 0 aliphatic heterocycles. The van der Waals surface area contributed by atoms with Crippen LogP contribution in [0.1, 0.15) is 57.2 Å². The van der Waals surface area contributed by atoms with E-state index in [4.69, 9.17) is 10.5 Å². The Morgan fingerprint density at radius 1 is 1.35 bits per heavy atom. The molecule has 0 aromatic carbocycles. The molecule has 1 atom stereocenters. The molecule has 0 amide bonds. The fourth-order valence-corrected chi connectivity index (χ4v) is 1.27. The number of esters is 1. The van der Waals surface area contributed by atoms with E-state index in [1.807, 2.05) is 6.92 Å². The van der Waals surface area contributed by atoms with Crippen molar-refractivity contribution in [1.82, 2.24) is 15.4 Å². The van der Waals surface area contributed by atoms with Gasteiger partial charge < -0.3 is 10.5 Å². The van der Waals surface area contributed by atoms with Crippen LogP contribution in [0, 0.1) is 0 Å². The van der Waals surface area contributed by atoms with Crippen LogP contribution in [0.25, 0.3) is 0 Å². The molecule has 0 spiro atoms. The maximum Gasteiger partial charge on any atom is 0.361 e. The first kappa shape index (κ1) is 13.6. The number of nitrogens with two attached hydrogens (primary N) is 1. The number of hydrogen-bond donors (Lipinski definition) is 2. The molecule has 6 heteroatoms. The highest BCUT2D eigenvalue weighted by atomic mass is 16.6. The van der Waals surface area contributed by atoms with Crippen LogP contribution in [0.4, 0.5) is 0 Å². The zero-order chi connectivity index (χ0) is 13.3. The second-order valence-corrected chi connectivity index (χ2v) is 5.29. The van der Waals surface area contributed by atoms with Gasteiger partial charge in [0.15, 0.2) is 5.69 Å². The Kier molecular flexibility index (Phi) is 3.56. The summed E-state index contributed by atoms with van der Waals surface area (Å²) in [5.41, 5.74) is 5.39. The van der Waals surface area contributed by atoms with Gasteiger partial charge in [0.05, 0.1) is 5.54 Å². The molecule has 1 heterocycles. The van der Waals surface area contributed by atoms with Crippen molar-refractivity contribution < 1.29 is 9.53 Å². The summed E-state index contributed by atoms with van der Waals surface area (Å²) in [6, 6.07) is 0. The third-order valence-electron chi connectivity index (χ3n) is 2.42. The maximum absolute atomic E-state index is 11.9. The lowest BCUT2D eigenvalue weighted by atomic mass is 9.94. The summed E-state index contributed by atoms with van der Waals surface area (Å²) in [6.07, 6.45) is 0.648. The van der Waals surface area contributed by atoms with Gasteiger partial charge in [-0.15, -0.1) is 5.10 Å². The fraction of sp³-hybridized carbons (Fsp3) is 0.727. The van der Waals surface area contributed by atoms with Crippen molar-refractivity contribution in [2.24, 2.45) is 5.73 Å². The Bertz CT molecular complexity index is 404. The number of ether oxygens (including phenoxy) is 1. The summed E-state index contributed by atoms with van der Waals surface area (Å²) in [4.78, 5) is 11.9. The van der Waals surface area contributed by atoms with Crippen molar-refractivity contribution in [2.45, 2.75) is 52.2 Å². The Morgan fingerprint density at radius 2 is 1.94 bits per heavy atom. The van der Waals surface area contributed by atoms with Gasteiger partial charge in [-0.05, 0) is 34.1 Å². The van der Waals surface area contributed by atoms with Crippen LogP contribution in [0.5, 0.6) is 0 Å². The Morgan fingerprint density at radius 3 is 2.41 bits per heavy atom. The largest absolute Gasteiger partial charge is 0.455 e. The number of hydrogen-bond acceptors (Lipinski definition) is 5. The minimum absolute atomic E-state index is 0.159. The molecular formula is C11H20N4O2. The van der Waals surface area contributed by atoms with Crippen molar-refractivity contribution in [2.75, 3.05) is 0 Å². The number of carbonyl (C=O) groups is 1. The number of aromatic amines is 1. The Balaban J connectivity index is 3.01. The highest BCUT2D eigenvalue weighted by Crippen LogP contribution is 2.22. The summed E-state index contributed by atoms with van der Waals surface area (Å²) in [5.74, 6) is -0.508. The van der Waals surface area contributed by atoms with Gasteiger partial charge in [0.25, 0.3) is 0 Å². The van der Waals surface area contributed by atoms with E-state index in [0.717, 1.165) is 0 Å². The maximum atomic E-state index is 11.9. The molecule has 1 aromatic heterocycles. The predicted octanol–water partition coefficient (Wildman–Crippen LogP) is 1.34. The Hall–Kier alpha value is -1.43. The average Bonchev–Trinajstić information content (AvgIpc) is 2.63. The molecule has 0 fully saturated rings. The topological polar surface area (TPSA) is 93.9 Å². The molecule has 17 heavy (non-hydrogen) atoms. The minimum Gasteiger partial charge on any atom is -0.455 e. The number of nitrogens with one attached hydrogen (secondary N) is 1. The van der Waals surface area contributed by atoms with Crippen LogP contribution >= 0.6 is 0 Å². The molecule has 1 aromatic rings. The van der Waals surface area contributed by atoms with E-state index in [0.29, 0.717) is 12.1 Å². The molecule has 96 valence electrons. The summed E-state index contributed by atoms with van der Waals surface area (Å²) in [7, 11) is 0. The quantitative estimate of drug-likeness (QED) is 0.778. The molecular weight excluding hydrogens is 220 g/mol. The van der Waals surface area contributed by atoms with Crippen LogP contribution in [0.15, 0.2) is 0 Å². The van der Waals surface area contributed by atoms with Crippen molar-refractivity contribution in [3.05, 3.63) is 11.4 Å². The van der Waals surface area contributed by atoms with Crippen LogP contribution in [0.3, 0.4) is 0 Å². The van der Waals surface area contributed by atoms with Gasteiger partial charge in [0.1, 0.15) is 11.3 Å². The van der Waals surface area contributed by atoms with Gasteiger partial charge in [-0.3, -0.25) is 0 Å². The number of nitrogens with zero attached hydrogens (tertiary/aromatic N) is 2. The average molecular weight is 240 g/mol. The molecule has 0 aliphatic carbocycles. The van der Waals surface area contributed by atoms with Gasteiger partial charge >= 0.3 is 5.97 Å². The van der Waals surface area contributed by atoms with Crippen molar-refractivity contribution in [3.8, 4) is 0 Å². The molecule has 0 aliphatic rings. The second kappa shape index (κ2) is 4.44. The number of H-pyrrole nitrogens is 1. The SMILES string of the molecule is CCC(C)(N)c1n[nH]nc1C(=O)OC(C)(C)C. The first-order valence-electron chi connectivity index (χ1n) is 5.61. The lowest BCUT2D eigenvalue weighted by Gasteiger charge is -2.22. The van der Waals surface area contributed by atoms with E-state index in [-0.39, 0.29) is 5.69 Å². The molecule has 6 nitrogen and oxygen atoms in total. The number of aromatic nitrogens is 3. The van der Waals surface area contributed by atoms with Gasteiger partial charge in [-0.2, -0.15) is 10.3 Å². The van der Waals surface area contributed by atoms with E-state index in [1.165, 1.54) is 0 Å². The van der Waals surface area contributed by atoms with Gasteiger partial charge in [0.2, 0.25) is 0 Å². The van der Waals surface area contributed by atoms with E-state index in [1.54, 1.807) is 27.7 Å². The third kappa shape index (κ3) is 3.26. The first-order valence-corrected chi connectivity index (χ1v) is 5.61. The Labute approximate surface area is 101 Å². The van der Waals surface area contributed by atoms with Crippen LogP contribution in [-0.4, -0.2) is 27.0 Å². The lowest BCUT2D eigenvalue weighted by molar-refractivity contribution is 0.00597. The van der Waals surface area contributed by atoms with E-state index in [9.17, 15) is 4.79 Å². The van der Waals surface area contributed by atoms with Gasteiger partial charge in [-0.25, -0.2) is 4.79 Å². The number of rotatable bonds is 3.